The molecule has 1 unspecified atom stereocenters. The number of rotatable bonds is 5. The minimum Gasteiger partial charge on any atom is -0.381 e. The molecular formula is C16H25NOS. The Balaban J connectivity index is 1.93. The summed E-state index contributed by atoms with van der Waals surface area (Å²) in [5.41, 5.74) is 4.16. The minimum absolute atomic E-state index is 0.451. The molecular weight excluding hydrogens is 254 g/mol. The van der Waals surface area contributed by atoms with Crippen LogP contribution in [0, 0.1) is 13.8 Å². The highest BCUT2D eigenvalue weighted by molar-refractivity contribution is 7.99. The van der Waals surface area contributed by atoms with E-state index < -0.39 is 0 Å². The Morgan fingerprint density at radius 2 is 2.00 bits per heavy atom. The predicted molar refractivity (Wildman–Crippen MR) is 84.0 cm³/mol. The maximum atomic E-state index is 5.42. The monoisotopic (exact) mass is 279 g/mol. The average molecular weight is 279 g/mol. The number of hydrogen-bond acceptors (Lipinski definition) is 3. The van der Waals surface area contributed by atoms with Gasteiger partial charge in [-0.3, -0.25) is 0 Å². The summed E-state index contributed by atoms with van der Waals surface area (Å²) < 4.78 is 5.42. The van der Waals surface area contributed by atoms with E-state index in [0.717, 1.165) is 24.2 Å². The summed E-state index contributed by atoms with van der Waals surface area (Å²) in [6, 6.07) is 7.26. The number of hydrogen-bond donors (Lipinski definition) is 1. The molecule has 1 fully saturated rings. The highest BCUT2D eigenvalue weighted by Gasteiger charge is 2.17. The van der Waals surface area contributed by atoms with Gasteiger partial charge in [-0.1, -0.05) is 18.2 Å². The van der Waals surface area contributed by atoms with E-state index in [1.54, 1.807) is 0 Å². The molecule has 1 heterocycles. The van der Waals surface area contributed by atoms with E-state index in [0.29, 0.717) is 6.04 Å². The summed E-state index contributed by atoms with van der Waals surface area (Å²) in [6.45, 7) is 6.23. The highest BCUT2D eigenvalue weighted by atomic mass is 32.2. The van der Waals surface area contributed by atoms with Gasteiger partial charge >= 0.3 is 0 Å². The third-order valence-electron chi connectivity index (χ3n) is 3.95. The molecule has 106 valence electrons. The van der Waals surface area contributed by atoms with Crippen LogP contribution in [0.5, 0.6) is 0 Å². The predicted octanol–water partition coefficient (Wildman–Crippen LogP) is 3.48. The topological polar surface area (TPSA) is 21.3 Å². The normalized spacial score (nSPS) is 18.5. The number of benzene rings is 1. The second-order valence-corrected chi connectivity index (χ2v) is 6.66. The van der Waals surface area contributed by atoms with E-state index >= 15 is 0 Å². The van der Waals surface area contributed by atoms with Crippen LogP contribution < -0.4 is 5.32 Å². The summed E-state index contributed by atoms with van der Waals surface area (Å²) in [5, 5.41) is 4.23. The molecule has 2 rings (SSSR count). The molecule has 1 aromatic carbocycles. The second kappa shape index (κ2) is 7.32. The maximum Gasteiger partial charge on any atom is 0.0476 e. The maximum absolute atomic E-state index is 5.42. The molecule has 0 bridgehead atoms. The van der Waals surface area contributed by atoms with Crippen molar-refractivity contribution >= 4 is 11.8 Å². The molecule has 1 N–H and O–H groups in total. The van der Waals surface area contributed by atoms with Gasteiger partial charge < -0.3 is 10.1 Å². The van der Waals surface area contributed by atoms with Gasteiger partial charge in [-0.15, -0.1) is 0 Å². The van der Waals surface area contributed by atoms with Crippen molar-refractivity contribution < 1.29 is 4.74 Å². The number of aryl methyl sites for hydroxylation is 2. The molecule has 1 saturated heterocycles. The van der Waals surface area contributed by atoms with Gasteiger partial charge in [0.25, 0.3) is 0 Å². The smallest absolute Gasteiger partial charge is 0.0476 e. The van der Waals surface area contributed by atoms with Crippen molar-refractivity contribution in [3.63, 3.8) is 0 Å². The molecule has 0 amide bonds. The Hall–Kier alpha value is -0.510. The molecule has 0 radical (unpaired) electrons. The number of thioether (sulfide) groups is 1. The Bertz CT molecular complexity index is 402. The molecule has 1 aliphatic heterocycles. The first kappa shape index (κ1) is 14.9. The van der Waals surface area contributed by atoms with E-state index in [4.69, 9.17) is 4.74 Å². The lowest BCUT2D eigenvalue weighted by Gasteiger charge is -2.24. The largest absolute Gasteiger partial charge is 0.381 e. The number of nitrogens with one attached hydrogen (secondary N) is 1. The van der Waals surface area contributed by atoms with Crippen molar-refractivity contribution in [2.45, 2.75) is 38.0 Å². The molecule has 0 saturated carbocycles. The van der Waals surface area contributed by atoms with Crippen LogP contribution in [0.4, 0.5) is 0 Å². The van der Waals surface area contributed by atoms with Crippen LogP contribution in [0.15, 0.2) is 18.2 Å². The fourth-order valence-corrected chi connectivity index (χ4v) is 3.75. The Morgan fingerprint density at radius 3 is 2.63 bits per heavy atom. The van der Waals surface area contributed by atoms with Crippen LogP contribution in [-0.4, -0.2) is 31.3 Å². The Morgan fingerprint density at radius 1 is 1.26 bits per heavy atom. The first-order chi connectivity index (χ1) is 9.20. The lowest BCUT2D eigenvalue weighted by atomic mass is 10.0. The quantitative estimate of drug-likeness (QED) is 0.891. The first-order valence-corrected chi connectivity index (χ1v) is 8.19. The zero-order valence-electron chi connectivity index (χ0n) is 12.2. The average Bonchev–Trinajstić information content (AvgIpc) is 2.44. The lowest BCUT2D eigenvalue weighted by Crippen LogP contribution is -2.23. The van der Waals surface area contributed by atoms with Gasteiger partial charge in [0.2, 0.25) is 0 Å². The van der Waals surface area contributed by atoms with Gasteiger partial charge in [0.05, 0.1) is 0 Å². The van der Waals surface area contributed by atoms with Crippen molar-refractivity contribution in [1.82, 2.24) is 5.32 Å². The Kier molecular flexibility index (Phi) is 5.74. The van der Waals surface area contributed by atoms with Crippen LogP contribution in [-0.2, 0) is 4.74 Å². The molecule has 19 heavy (non-hydrogen) atoms. The van der Waals surface area contributed by atoms with Crippen molar-refractivity contribution in [3.8, 4) is 0 Å². The molecule has 1 aliphatic rings. The van der Waals surface area contributed by atoms with Crippen molar-refractivity contribution in [2.75, 3.05) is 26.0 Å². The minimum atomic E-state index is 0.451. The summed E-state index contributed by atoms with van der Waals surface area (Å²) >= 11 is 2.09. The van der Waals surface area contributed by atoms with Crippen LogP contribution in [0.1, 0.15) is 35.6 Å². The highest BCUT2D eigenvalue weighted by Crippen LogP contribution is 2.27. The SMILES string of the molecule is CNC(CSC1CCOCC1)c1ccc(C)c(C)c1. The van der Waals surface area contributed by atoms with Gasteiger partial charge in [-0.25, -0.2) is 0 Å². The molecule has 0 aromatic heterocycles. The molecule has 3 heteroatoms. The summed E-state index contributed by atoms with van der Waals surface area (Å²) in [7, 11) is 2.06. The van der Waals surface area contributed by atoms with Gasteiger partial charge in [0.15, 0.2) is 0 Å². The van der Waals surface area contributed by atoms with Crippen molar-refractivity contribution in [3.05, 3.63) is 34.9 Å². The fraction of sp³-hybridized carbons (Fsp3) is 0.625. The molecule has 1 atom stereocenters. The number of ether oxygens (including phenoxy) is 1. The van der Waals surface area contributed by atoms with E-state index in [1.807, 2.05) is 0 Å². The van der Waals surface area contributed by atoms with Crippen molar-refractivity contribution in [1.29, 1.82) is 0 Å². The lowest BCUT2D eigenvalue weighted by molar-refractivity contribution is 0.1000. The fourth-order valence-electron chi connectivity index (χ4n) is 2.40. The first-order valence-electron chi connectivity index (χ1n) is 7.14. The summed E-state index contributed by atoms with van der Waals surface area (Å²) in [6.07, 6.45) is 2.40. The zero-order chi connectivity index (χ0) is 13.7. The standard InChI is InChI=1S/C16H25NOS/c1-12-4-5-14(10-13(12)2)16(17-3)11-19-15-6-8-18-9-7-15/h4-5,10,15-17H,6-9,11H2,1-3H3. The third kappa shape index (κ3) is 4.23. The third-order valence-corrected chi connectivity index (χ3v) is 5.42. The van der Waals surface area contributed by atoms with E-state index in [9.17, 15) is 0 Å². The van der Waals surface area contributed by atoms with Crippen LogP contribution in [0.3, 0.4) is 0 Å². The van der Waals surface area contributed by atoms with Crippen LogP contribution >= 0.6 is 11.8 Å². The zero-order valence-corrected chi connectivity index (χ0v) is 13.1. The van der Waals surface area contributed by atoms with Crippen LogP contribution in [0.2, 0.25) is 0 Å². The summed E-state index contributed by atoms with van der Waals surface area (Å²) in [4.78, 5) is 0. The molecule has 0 spiro atoms. The van der Waals surface area contributed by atoms with E-state index in [1.165, 1.54) is 29.5 Å². The van der Waals surface area contributed by atoms with Gasteiger partial charge in [0, 0.05) is 30.3 Å². The van der Waals surface area contributed by atoms with E-state index in [-0.39, 0.29) is 0 Å². The van der Waals surface area contributed by atoms with Crippen LogP contribution in [0.25, 0.3) is 0 Å². The van der Waals surface area contributed by atoms with Gasteiger partial charge in [0.1, 0.15) is 0 Å². The Labute approximate surface area is 121 Å². The van der Waals surface area contributed by atoms with Gasteiger partial charge in [-0.2, -0.15) is 11.8 Å². The molecule has 2 nitrogen and oxygen atoms in total. The summed E-state index contributed by atoms with van der Waals surface area (Å²) in [5.74, 6) is 1.14. The second-order valence-electron chi connectivity index (χ2n) is 5.33. The van der Waals surface area contributed by atoms with Crippen molar-refractivity contribution in [2.24, 2.45) is 0 Å². The van der Waals surface area contributed by atoms with E-state index in [2.05, 4.69) is 56.2 Å². The molecule has 0 aliphatic carbocycles. The molecule has 1 aromatic rings. The van der Waals surface area contributed by atoms with Gasteiger partial charge in [-0.05, 0) is 50.4 Å².